The van der Waals surface area contributed by atoms with Crippen molar-refractivity contribution in [3.63, 3.8) is 0 Å². The third kappa shape index (κ3) is 2.72. The average Bonchev–Trinajstić information content (AvgIpc) is 2.79. The van der Waals surface area contributed by atoms with Crippen LogP contribution in [0.15, 0.2) is 54.6 Å². The first kappa shape index (κ1) is 14.3. The Hall–Kier alpha value is -2.62. The number of carbonyl (C=O) groups is 2. The summed E-state index contributed by atoms with van der Waals surface area (Å²) in [5, 5.41) is 8.96. The minimum absolute atomic E-state index is 0.0187. The standard InChI is InChI=1S/C18H17NO3/c20-17(21)11-10-16-14-8-4-5-9-15(14)18(22)19(16)12-13-6-2-1-3-7-13/h1-9,16H,10-12H2,(H,20,21). The number of hydrogen-bond acceptors (Lipinski definition) is 2. The zero-order chi connectivity index (χ0) is 15.5. The Kier molecular flexibility index (Phi) is 3.92. The molecule has 1 amide bonds. The molecular weight excluding hydrogens is 278 g/mol. The van der Waals surface area contributed by atoms with Crippen LogP contribution in [0.1, 0.15) is 40.4 Å². The minimum Gasteiger partial charge on any atom is -0.481 e. The van der Waals surface area contributed by atoms with Crippen LogP contribution in [-0.2, 0) is 11.3 Å². The zero-order valence-corrected chi connectivity index (χ0v) is 12.1. The Bertz CT molecular complexity index is 696. The molecule has 0 saturated carbocycles. The van der Waals surface area contributed by atoms with E-state index >= 15 is 0 Å². The molecule has 0 spiro atoms. The van der Waals surface area contributed by atoms with Crippen molar-refractivity contribution in [2.75, 3.05) is 0 Å². The summed E-state index contributed by atoms with van der Waals surface area (Å²) >= 11 is 0. The molecule has 1 N–H and O–H groups in total. The van der Waals surface area contributed by atoms with Gasteiger partial charge >= 0.3 is 5.97 Å². The fourth-order valence-corrected chi connectivity index (χ4v) is 2.98. The van der Waals surface area contributed by atoms with Gasteiger partial charge in [-0.3, -0.25) is 9.59 Å². The van der Waals surface area contributed by atoms with Gasteiger partial charge in [0, 0.05) is 18.5 Å². The van der Waals surface area contributed by atoms with E-state index in [9.17, 15) is 9.59 Å². The molecule has 4 nitrogen and oxygen atoms in total. The van der Waals surface area contributed by atoms with E-state index in [1.165, 1.54) is 0 Å². The van der Waals surface area contributed by atoms with E-state index in [4.69, 9.17) is 5.11 Å². The number of nitrogens with zero attached hydrogens (tertiary/aromatic N) is 1. The van der Waals surface area contributed by atoms with Gasteiger partial charge in [-0.1, -0.05) is 48.5 Å². The summed E-state index contributed by atoms with van der Waals surface area (Å²) in [6.07, 6.45) is 0.489. The average molecular weight is 295 g/mol. The van der Waals surface area contributed by atoms with E-state index in [-0.39, 0.29) is 18.4 Å². The quantitative estimate of drug-likeness (QED) is 0.921. The van der Waals surface area contributed by atoms with Crippen molar-refractivity contribution in [3.05, 3.63) is 71.3 Å². The molecule has 112 valence electrons. The molecule has 0 bridgehead atoms. The van der Waals surface area contributed by atoms with Gasteiger partial charge in [0.1, 0.15) is 0 Å². The lowest BCUT2D eigenvalue weighted by Crippen LogP contribution is -2.28. The Balaban J connectivity index is 1.90. The SMILES string of the molecule is O=C(O)CCC1c2ccccc2C(=O)N1Cc1ccccc1. The molecule has 0 aliphatic carbocycles. The van der Waals surface area contributed by atoms with Gasteiger partial charge in [-0.05, 0) is 23.6 Å². The van der Waals surface area contributed by atoms with Crippen molar-refractivity contribution < 1.29 is 14.7 Å². The number of fused-ring (bicyclic) bond motifs is 1. The Labute approximate surface area is 129 Å². The van der Waals surface area contributed by atoms with Crippen LogP contribution in [0.2, 0.25) is 0 Å². The van der Waals surface area contributed by atoms with Gasteiger partial charge in [0.25, 0.3) is 5.91 Å². The van der Waals surface area contributed by atoms with Crippen molar-refractivity contribution in [2.24, 2.45) is 0 Å². The molecule has 2 aromatic carbocycles. The number of hydrogen-bond donors (Lipinski definition) is 1. The van der Waals surface area contributed by atoms with E-state index in [2.05, 4.69) is 0 Å². The fourth-order valence-electron chi connectivity index (χ4n) is 2.98. The molecule has 4 heteroatoms. The van der Waals surface area contributed by atoms with Crippen molar-refractivity contribution in [3.8, 4) is 0 Å². The predicted molar refractivity (Wildman–Crippen MR) is 82.4 cm³/mol. The fraction of sp³-hybridized carbons (Fsp3) is 0.222. The minimum atomic E-state index is -0.837. The molecule has 1 aliphatic rings. The zero-order valence-electron chi connectivity index (χ0n) is 12.1. The van der Waals surface area contributed by atoms with Gasteiger partial charge < -0.3 is 10.0 Å². The Morgan fingerprint density at radius 2 is 1.73 bits per heavy atom. The normalized spacial score (nSPS) is 16.6. The number of amides is 1. The summed E-state index contributed by atoms with van der Waals surface area (Å²) in [5.74, 6) is -0.855. The van der Waals surface area contributed by atoms with Gasteiger partial charge in [0.2, 0.25) is 0 Å². The molecule has 1 unspecified atom stereocenters. The molecule has 22 heavy (non-hydrogen) atoms. The highest BCUT2D eigenvalue weighted by Gasteiger charge is 2.36. The smallest absolute Gasteiger partial charge is 0.303 e. The summed E-state index contributed by atoms with van der Waals surface area (Å²) < 4.78 is 0. The monoisotopic (exact) mass is 295 g/mol. The number of carboxylic acids is 1. The maximum Gasteiger partial charge on any atom is 0.303 e. The number of aliphatic carboxylic acids is 1. The van der Waals surface area contributed by atoms with Gasteiger partial charge in [-0.15, -0.1) is 0 Å². The van der Waals surface area contributed by atoms with Crippen molar-refractivity contribution in [1.29, 1.82) is 0 Å². The van der Waals surface area contributed by atoms with Gasteiger partial charge in [0.05, 0.1) is 6.04 Å². The second-order valence-corrected chi connectivity index (χ2v) is 5.45. The first-order valence-electron chi connectivity index (χ1n) is 7.32. The Morgan fingerprint density at radius 1 is 1.05 bits per heavy atom. The van der Waals surface area contributed by atoms with E-state index in [0.717, 1.165) is 11.1 Å². The van der Waals surface area contributed by atoms with Crippen LogP contribution in [0, 0.1) is 0 Å². The number of benzene rings is 2. The summed E-state index contributed by atoms with van der Waals surface area (Å²) in [4.78, 5) is 25.3. The van der Waals surface area contributed by atoms with E-state index in [0.29, 0.717) is 18.5 Å². The molecule has 0 fully saturated rings. The summed E-state index contributed by atoms with van der Waals surface area (Å²) in [6.45, 7) is 0.499. The van der Waals surface area contributed by atoms with Gasteiger partial charge in [0.15, 0.2) is 0 Å². The highest BCUT2D eigenvalue weighted by molar-refractivity contribution is 5.99. The van der Waals surface area contributed by atoms with Crippen LogP contribution in [0.25, 0.3) is 0 Å². The lowest BCUT2D eigenvalue weighted by Gasteiger charge is -2.25. The third-order valence-corrected chi connectivity index (χ3v) is 4.01. The van der Waals surface area contributed by atoms with E-state index in [1.54, 1.807) is 4.90 Å². The molecular formula is C18H17NO3. The first-order valence-corrected chi connectivity index (χ1v) is 7.32. The summed E-state index contributed by atoms with van der Waals surface area (Å²) in [5.41, 5.74) is 2.67. The molecule has 0 saturated heterocycles. The Morgan fingerprint density at radius 3 is 2.45 bits per heavy atom. The highest BCUT2D eigenvalue weighted by atomic mass is 16.4. The number of rotatable bonds is 5. The molecule has 0 aromatic heterocycles. The summed E-state index contributed by atoms with van der Waals surface area (Å²) in [7, 11) is 0. The lowest BCUT2D eigenvalue weighted by atomic mass is 10.0. The van der Waals surface area contributed by atoms with Crippen molar-refractivity contribution in [2.45, 2.75) is 25.4 Å². The molecule has 3 rings (SSSR count). The lowest BCUT2D eigenvalue weighted by molar-refractivity contribution is -0.137. The maximum absolute atomic E-state index is 12.6. The predicted octanol–water partition coefficient (Wildman–Crippen LogP) is 3.25. The highest BCUT2D eigenvalue weighted by Crippen LogP contribution is 2.37. The first-order chi connectivity index (χ1) is 10.7. The second kappa shape index (κ2) is 6.02. The molecule has 1 aliphatic heterocycles. The molecule has 1 atom stereocenters. The van der Waals surface area contributed by atoms with Gasteiger partial charge in [-0.25, -0.2) is 0 Å². The van der Waals surface area contributed by atoms with Crippen LogP contribution < -0.4 is 0 Å². The van der Waals surface area contributed by atoms with E-state index < -0.39 is 5.97 Å². The molecule has 0 radical (unpaired) electrons. The van der Waals surface area contributed by atoms with Crippen LogP contribution in [-0.4, -0.2) is 21.9 Å². The van der Waals surface area contributed by atoms with Crippen molar-refractivity contribution in [1.82, 2.24) is 4.90 Å². The van der Waals surface area contributed by atoms with Gasteiger partial charge in [-0.2, -0.15) is 0 Å². The van der Waals surface area contributed by atoms with Crippen LogP contribution in [0.5, 0.6) is 0 Å². The molecule has 1 heterocycles. The summed E-state index contributed by atoms with van der Waals surface area (Å²) in [6, 6.07) is 17.1. The van der Waals surface area contributed by atoms with Crippen molar-refractivity contribution >= 4 is 11.9 Å². The maximum atomic E-state index is 12.6. The van der Waals surface area contributed by atoms with Crippen LogP contribution >= 0.6 is 0 Å². The number of carboxylic acid groups (broad SMARTS) is 1. The number of carbonyl (C=O) groups excluding carboxylic acids is 1. The second-order valence-electron chi connectivity index (χ2n) is 5.45. The van der Waals surface area contributed by atoms with E-state index in [1.807, 2.05) is 54.6 Å². The largest absolute Gasteiger partial charge is 0.481 e. The molecule has 2 aromatic rings. The third-order valence-electron chi connectivity index (χ3n) is 4.01. The van der Waals surface area contributed by atoms with Crippen LogP contribution in [0.3, 0.4) is 0 Å². The van der Waals surface area contributed by atoms with Crippen LogP contribution in [0.4, 0.5) is 0 Å². The topological polar surface area (TPSA) is 57.6 Å².